The first-order valence-corrected chi connectivity index (χ1v) is 3.43. The van der Waals surface area contributed by atoms with Gasteiger partial charge in [0.25, 0.3) is 0 Å². The third-order valence-corrected chi connectivity index (χ3v) is 1.68. The molecule has 0 amide bonds. The van der Waals surface area contributed by atoms with Gasteiger partial charge in [0.2, 0.25) is 0 Å². The fraction of sp³-hybridized carbons (Fsp3) is 0.857. The molecule has 0 unspecified atom stereocenters. The van der Waals surface area contributed by atoms with Crippen LogP contribution in [0.2, 0.25) is 0 Å². The summed E-state index contributed by atoms with van der Waals surface area (Å²) in [5.41, 5.74) is -0.337. The maximum Gasteiger partial charge on any atom is 0.154 e. The van der Waals surface area contributed by atoms with E-state index in [1.54, 1.807) is 0 Å². The third-order valence-electron chi connectivity index (χ3n) is 1.68. The summed E-state index contributed by atoms with van der Waals surface area (Å²) in [6.07, 6.45) is 4.08. The Kier molecular flexibility index (Phi) is 1.86. The summed E-state index contributed by atoms with van der Waals surface area (Å²) < 4.78 is 4.98. The second kappa shape index (κ2) is 2.48. The SMILES string of the molecule is CCCC[C@]1(C=O)CO1. The van der Waals surface area contributed by atoms with E-state index in [2.05, 4.69) is 6.92 Å². The first-order chi connectivity index (χ1) is 4.33. The Labute approximate surface area is 55.2 Å². The van der Waals surface area contributed by atoms with Gasteiger partial charge in [-0.15, -0.1) is 0 Å². The third kappa shape index (κ3) is 1.52. The van der Waals surface area contributed by atoms with Crippen molar-refractivity contribution in [2.24, 2.45) is 0 Å². The van der Waals surface area contributed by atoms with Crippen molar-refractivity contribution in [2.45, 2.75) is 31.8 Å². The standard InChI is InChI=1S/C7H12O2/c1-2-3-4-7(5-8)6-9-7/h5H,2-4,6H2,1H3/t7-/m0/s1. The van der Waals surface area contributed by atoms with E-state index in [-0.39, 0.29) is 5.60 Å². The molecule has 1 saturated heterocycles. The van der Waals surface area contributed by atoms with Gasteiger partial charge in [-0.05, 0) is 6.42 Å². The molecule has 9 heavy (non-hydrogen) atoms. The highest BCUT2D eigenvalue weighted by Crippen LogP contribution is 2.29. The van der Waals surface area contributed by atoms with Gasteiger partial charge < -0.3 is 9.53 Å². The van der Waals surface area contributed by atoms with Crippen molar-refractivity contribution in [3.05, 3.63) is 0 Å². The van der Waals surface area contributed by atoms with E-state index in [0.717, 1.165) is 25.5 Å². The van der Waals surface area contributed by atoms with Crippen molar-refractivity contribution in [2.75, 3.05) is 6.61 Å². The Hall–Kier alpha value is -0.370. The molecule has 2 nitrogen and oxygen atoms in total. The summed E-state index contributed by atoms with van der Waals surface area (Å²) in [5.74, 6) is 0. The zero-order chi connectivity index (χ0) is 6.74. The summed E-state index contributed by atoms with van der Waals surface area (Å²) in [4.78, 5) is 10.3. The number of carbonyl (C=O) groups is 1. The molecule has 0 saturated carbocycles. The summed E-state index contributed by atoms with van der Waals surface area (Å²) in [6.45, 7) is 2.76. The predicted octanol–water partition coefficient (Wildman–Crippen LogP) is 1.14. The first kappa shape index (κ1) is 6.75. The highest BCUT2D eigenvalue weighted by atomic mass is 16.6. The number of aldehydes is 1. The van der Waals surface area contributed by atoms with Crippen LogP contribution in [0.15, 0.2) is 0 Å². The average Bonchev–Trinajstić information content (AvgIpc) is 2.65. The van der Waals surface area contributed by atoms with Gasteiger partial charge in [0.15, 0.2) is 6.29 Å². The summed E-state index contributed by atoms with van der Waals surface area (Å²) >= 11 is 0. The molecular formula is C7H12O2. The molecule has 0 N–H and O–H groups in total. The number of hydrogen-bond donors (Lipinski definition) is 0. The van der Waals surface area contributed by atoms with Crippen molar-refractivity contribution in [3.63, 3.8) is 0 Å². The highest BCUT2D eigenvalue weighted by Gasteiger charge is 2.43. The van der Waals surface area contributed by atoms with E-state index >= 15 is 0 Å². The molecule has 1 heterocycles. The van der Waals surface area contributed by atoms with Crippen molar-refractivity contribution in [1.29, 1.82) is 0 Å². The molecule has 52 valence electrons. The molecule has 1 rings (SSSR count). The molecule has 1 aliphatic heterocycles. The van der Waals surface area contributed by atoms with Crippen LogP contribution in [-0.4, -0.2) is 18.5 Å². The highest BCUT2D eigenvalue weighted by molar-refractivity contribution is 5.66. The lowest BCUT2D eigenvalue weighted by molar-refractivity contribution is -0.112. The number of hydrogen-bond acceptors (Lipinski definition) is 2. The smallest absolute Gasteiger partial charge is 0.154 e. The average molecular weight is 128 g/mol. The van der Waals surface area contributed by atoms with E-state index in [4.69, 9.17) is 4.74 Å². The lowest BCUT2D eigenvalue weighted by Crippen LogP contribution is -2.11. The van der Waals surface area contributed by atoms with Crippen molar-refractivity contribution >= 4 is 6.29 Å². The van der Waals surface area contributed by atoms with Crippen LogP contribution < -0.4 is 0 Å². The van der Waals surface area contributed by atoms with Gasteiger partial charge in [-0.25, -0.2) is 0 Å². The second-order valence-electron chi connectivity index (χ2n) is 2.57. The van der Waals surface area contributed by atoms with E-state index in [1.807, 2.05) is 0 Å². The Bertz CT molecular complexity index is 105. The van der Waals surface area contributed by atoms with Crippen LogP contribution in [0.3, 0.4) is 0 Å². The number of ether oxygens (including phenoxy) is 1. The number of epoxide rings is 1. The summed E-state index contributed by atoms with van der Waals surface area (Å²) in [7, 11) is 0. The quantitative estimate of drug-likeness (QED) is 0.420. The minimum absolute atomic E-state index is 0.337. The van der Waals surface area contributed by atoms with Crippen LogP contribution >= 0.6 is 0 Å². The van der Waals surface area contributed by atoms with E-state index in [9.17, 15) is 4.79 Å². The minimum atomic E-state index is -0.337. The molecule has 0 bridgehead atoms. The molecule has 1 aliphatic rings. The Morgan fingerprint density at radius 2 is 2.44 bits per heavy atom. The van der Waals surface area contributed by atoms with Gasteiger partial charge in [-0.1, -0.05) is 19.8 Å². The molecule has 0 aromatic heterocycles. The lowest BCUT2D eigenvalue weighted by atomic mass is 10.1. The van der Waals surface area contributed by atoms with Crippen LogP contribution in [-0.2, 0) is 9.53 Å². The number of unbranched alkanes of at least 4 members (excludes halogenated alkanes) is 1. The second-order valence-corrected chi connectivity index (χ2v) is 2.57. The monoisotopic (exact) mass is 128 g/mol. The molecule has 0 aliphatic carbocycles. The van der Waals surface area contributed by atoms with Gasteiger partial charge in [-0.2, -0.15) is 0 Å². The molecule has 0 radical (unpaired) electrons. The van der Waals surface area contributed by atoms with Crippen molar-refractivity contribution in [3.8, 4) is 0 Å². The molecule has 0 aromatic rings. The number of carbonyl (C=O) groups excluding carboxylic acids is 1. The molecule has 1 atom stereocenters. The zero-order valence-corrected chi connectivity index (χ0v) is 5.72. The molecular weight excluding hydrogens is 116 g/mol. The lowest BCUT2D eigenvalue weighted by Gasteiger charge is -1.98. The van der Waals surface area contributed by atoms with Gasteiger partial charge in [-0.3, -0.25) is 0 Å². The largest absolute Gasteiger partial charge is 0.362 e. The maximum absolute atomic E-state index is 10.3. The maximum atomic E-state index is 10.3. The van der Waals surface area contributed by atoms with Crippen molar-refractivity contribution in [1.82, 2.24) is 0 Å². The fourth-order valence-electron chi connectivity index (χ4n) is 0.840. The van der Waals surface area contributed by atoms with E-state index in [0.29, 0.717) is 6.61 Å². The van der Waals surface area contributed by atoms with Crippen LogP contribution in [0.1, 0.15) is 26.2 Å². The molecule has 1 fully saturated rings. The summed E-state index contributed by atoms with van der Waals surface area (Å²) in [5, 5.41) is 0. The van der Waals surface area contributed by atoms with Crippen LogP contribution in [0.5, 0.6) is 0 Å². The molecule has 2 heteroatoms. The molecule has 0 aromatic carbocycles. The Morgan fingerprint density at radius 3 is 2.78 bits per heavy atom. The summed E-state index contributed by atoms with van der Waals surface area (Å²) in [6, 6.07) is 0. The Balaban J connectivity index is 2.17. The van der Waals surface area contributed by atoms with Gasteiger partial charge in [0.05, 0.1) is 6.61 Å². The topological polar surface area (TPSA) is 29.6 Å². The fourth-order valence-corrected chi connectivity index (χ4v) is 0.840. The van der Waals surface area contributed by atoms with Crippen LogP contribution in [0.25, 0.3) is 0 Å². The van der Waals surface area contributed by atoms with Gasteiger partial charge in [0, 0.05) is 0 Å². The number of rotatable bonds is 4. The normalized spacial score (nSPS) is 32.1. The first-order valence-electron chi connectivity index (χ1n) is 3.43. The van der Waals surface area contributed by atoms with E-state index in [1.165, 1.54) is 0 Å². The van der Waals surface area contributed by atoms with Gasteiger partial charge in [0.1, 0.15) is 5.60 Å². The minimum Gasteiger partial charge on any atom is -0.362 e. The predicted molar refractivity (Wildman–Crippen MR) is 34.3 cm³/mol. The van der Waals surface area contributed by atoms with Crippen LogP contribution in [0.4, 0.5) is 0 Å². The van der Waals surface area contributed by atoms with Gasteiger partial charge >= 0.3 is 0 Å². The zero-order valence-electron chi connectivity index (χ0n) is 5.72. The van der Waals surface area contributed by atoms with Crippen molar-refractivity contribution < 1.29 is 9.53 Å². The molecule has 0 spiro atoms. The Morgan fingerprint density at radius 1 is 1.78 bits per heavy atom. The van der Waals surface area contributed by atoms with E-state index < -0.39 is 0 Å². The van der Waals surface area contributed by atoms with Crippen LogP contribution in [0, 0.1) is 0 Å².